The molecule has 2 aliphatic carbocycles. The topological polar surface area (TPSA) is 66.0 Å². The molecule has 0 bridgehead atoms. The Hall–Kier alpha value is -1.30. The average Bonchev–Trinajstić information content (AvgIpc) is 3.14. The van der Waals surface area contributed by atoms with Gasteiger partial charge in [-0.2, -0.15) is 0 Å². The molecule has 6 nitrogen and oxygen atoms in total. The van der Waals surface area contributed by atoms with Crippen molar-refractivity contribution >= 4 is 11.9 Å². The van der Waals surface area contributed by atoms with Gasteiger partial charge >= 0.3 is 0 Å². The summed E-state index contributed by atoms with van der Waals surface area (Å²) >= 11 is 0. The molecule has 2 atom stereocenters. The minimum Gasteiger partial charge on any atom is -0.382 e. The zero-order valence-corrected chi connectivity index (χ0v) is 18.6. The molecule has 0 aromatic heterocycles. The second kappa shape index (κ2) is 11.6. The van der Waals surface area contributed by atoms with Crippen LogP contribution in [0.4, 0.5) is 0 Å². The van der Waals surface area contributed by atoms with Gasteiger partial charge < -0.3 is 20.3 Å². The lowest BCUT2D eigenvalue weighted by molar-refractivity contribution is -0.127. The van der Waals surface area contributed by atoms with E-state index in [0.717, 1.165) is 32.1 Å². The van der Waals surface area contributed by atoms with Crippen LogP contribution in [0.1, 0.15) is 71.6 Å². The first-order chi connectivity index (χ1) is 13.5. The molecule has 0 heterocycles. The van der Waals surface area contributed by atoms with E-state index in [0.29, 0.717) is 17.4 Å². The maximum atomic E-state index is 12.0. The van der Waals surface area contributed by atoms with Crippen LogP contribution in [0.3, 0.4) is 0 Å². The Morgan fingerprint density at radius 3 is 2.54 bits per heavy atom. The Kier molecular flexibility index (Phi) is 9.56. The predicted octanol–water partition coefficient (Wildman–Crippen LogP) is 3.18. The molecule has 2 unspecified atom stereocenters. The standard InChI is InChI=1S/C22H42N4O2/c1-5-28-15-14-22(12-8-9-13-22)17-24-21(23-16-20(27)26(3)4)25-19-11-7-6-10-18(19)2/h18-19H,5-17H2,1-4H3,(H2,23,24,25). The fraction of sp³-hybridized carbons (Fsp3) is 0.909. The smallest absolute Gasteiger partial charge is 0.243 e. The molecule has 28 heavy (non-hydrogen) atoms. The van der Waals surface area contributed by atoms with Gasteiger partial charge in [-0.1, -0.05) is 32.6 Å². The molecule has 2 fully saturated rings. The van der Waals surface area contributed by atoms with Crippen LogP contribution in [0.25, 0.3) is 0 Å². The fourth-order valence-electron chi connectivity index (χ4n) is 4.49. The number of amides is 1. The normalized spacial score (nSPS) is 24.8. The summed E-state index contributed by atoms with van der Waals surface area (Å²) in [6, 6.07) is 0.442. The first-order valence-corrected chi connectivity index (χ1v) is 11.3. The second-order valence-corrected chi connectivity index (χ2v) is 8.97. The highest BCUT2D eigenvalue weighted by Gasteiger charge is 2.34. The van der Waals surface area contributed by atoms with Gasteiger partial charge in [0.25, 0.3) is 0 Å². The van der Waals surface area contributed by atoms with Crippen LogP contribution >= 0.6 is 0 Å². The van der Waals surface area contributed by atoms with Crippen molar-refractivity contribution < 1.29 is 9.53 Å². The van der Waals surface area contributed by atoms with Gasteiger partial charge in [-0.3, -0.25) is 4.79 Å². The first-order valence-electron chi connectivity index (χ1n) is 11.3. The van der Waals surface area contributed by atoms with E-state index in [-0.39, 0.29) is 12.5 Å². The lowest BCUT2D eigenvalue weighted by Gasteiger charge is -2.33. The van der Waals surface area contributed by atoms with E-state index in [9.17, 15) is 4.79 Å². The molecular weight excluding hydrogens is 352 g/mol. The Balaban J connectivity index is 2.00. The number of carbonyl (C=O) groups excluding carboxylic acids is 1. The lowest BCUT2D eigenvalue weighted by atomic mass is 9.83. The van der Waals surface area contributed by atoms with E-state index in [1.807, 2.05) is 0 Å². The van der Waals surface area contributed by atoms with Crippen LogP contribution in [-0.4, -0.2) is 63.2 Å². The summed E-state index contributed by atoms with van der Waals surface area (Å²) in [7, 11) is 3.56. The lowest BCUT2D eigenvalue weighted by Crippen LogP contribution is -2.50. The minimum atomic E-state index is 0.0321. The molecule has 2 N–H and O–H groups in total. The van der Waals surface area contributed by atoms with Crippen molar-refractivity contribution in [2.24, 2.45) is 16.3 Å². The molecule has 0 aliphatic heterocycles. The van der Waals surface area contributed by atoms with Crippen molar-refractivity contribution in [3.05, 3.63) is 0 Å². The summed E-state index contributed by atoms with van der Waals surface area (Å²) in [6.45, 7) is 7.08. The number of hydrogen-bond donors (Lipinski definition) is 2. The number of carbonyl (C=O) groups is 1. The SMILES string of the molecule is CCOCCC1(CNC(=NCC(=O)N(C)C)NC2CCCCC2C)CCCC1. The molecule has 2 aliphatic rings. The van der Waals surface area contributed by atoms with Gasteiger partial charge in [0.1, 0.15) is 6.54 Å². The quantitative estimate of drug-likeness (QED) is 0.358. The summed E-state index contributed by atoms with van der Waals surface area (Å²) in [5, 5.41) is 7.25. The van der Waals surface area contributed by atoms with Crippen molar-refractivity contribution in [3.8, 4) is 0 Å². The first kappa shape index (κ1) is 23.0. The minimum absolute atomic E-state index is 0.0321. The summed E-state index contributed by atoms with van der Waals surface area (Å²) in [6.07, 6.45) is 11.2. The number of guanidine groups is 1. The number of nitrogens with one attached hydrogen (secondary N) is 2. The van der Waals surface area contributed by atoms with Crippen LogP contribution in [0.15, 0.2) is 4.99 Å². The third-order valence-corrected chi connectivity index (χ3v) is 6.58. The van der Waals surface area contributed by atoms with Crippen molar-refractivity contribution in [2.45, 2.75) is 77.7 Å². The third kappa shape index (κ3) is 7.26. The molecule has 2 saturated carbocycles. The van der Waals surface area contributed by atoms with E-state index < -0.39 is 0 Å². The maximum Gasteiger partial charge on any atom is 0.243 e. The average molecular weight is 395 g/mol. The van der Waals surface area contributed by atoms with Crippen LogP contribution in [0.2, 0.25) is 0 Å². The van der Waals surface area contributed by atoms with Gasteiger partial charge in [-0.05, 0) is 50.4 Å². The van der Waals surface area contributed by atoms with E-state index in [2.05, 4.69) is 29.5 Å². The van der Waals surface area contributed by atoms with Gasteiger partial charge in [-0.15, -0.1) is 0 Å². The maximum absolute atomic E-state index is 12.0. The highest BCUT2D eigenvalue weighted by Crippen LogP contribution is 2.40. The summed E-state index contributed by atoms with van der Waals surface area (Å²) in [5.41, 5.74) is 0.293. The van der Waals surface area contributed by atoms with Gasteiger partial charge in [0.2, 0.25) is 5.91 Å². The monoisotopic (exact) mass is 394 g/mol. The molecule has 2 rings (SSSR count). The highest BCUT2D eigenvalue weighted by molar-refractivity contribution is 5.85. The van der Waals surface area contributed by atoms with E-state index >= 15 is 0 Å². The predicted molar refractivity (Wildman–Crippen MR) is 116 cm³/mol. The summed E-state index contributed by atoms with van der Waals surface area (Å²) in [5.74, 6) is 1.48. The van der Waals surface area contributed by atoms with Gasteiger partial charge in [0.15, 0.2) is 5.96 Å². The number of rotatable bonds is 9. The highest BCUT2D eigenvalue weighted by atomic mass is 16.5. The van der Waals surface area contributed by atoms with Crippen LogP contribution in [-0.2, 0) is 9.53 Å². The second-order valence-electron chi connectivity index (χ2n) is 8.97. The molecule has 0 radical (unpaired) electrons. The number of likely N-dealkylation sites (N-methyl/N-ethyl adjacent to an activating group) is 1. The molecular formula is C22H42N4O2. The molecule has 1 amide bonds. The zero-order valence-electron chi connectivity index (χ0n) is 18.6. The van der Waals surface area contributed by atoms with Crippen molar-refractivity contribution in [2.75, 3.05) is 40.4 Å². The van der Waals surface area contributed by atoms with Gasteiger partial charge in [-0.25, -0.2) is 4.99 Å². The Morgan fingerprint density at radius 2 is 1.89 bits per heavy atom. The largest absolute Gasteiger partial charge is 0.382 e. The van der Waals surface area contributed by atoms with Crippen molar-refractivity contribution in [1.82, 2.24) is 15.5 Å². The van der Waals surface area contributed by atoms with Crippen molar-refractivity contribution in [3.63, 3.8) is 0 Å². The van der Waals surface area contributed by atoms with E-state index in [1.54, 1.807) is 19.0 Å². The van der Waals surface area contributed by atoms with E-state index in [1.165, 1.54) is 51.4 Å². The van der Waals surface area contributed by atoms with Crippen LogP contribution in [0, 0.1) is 11.3 Å². The molecule has 0 aromatic carbocycles. The number of hydrogen-bond acceptors (Lipinski definition) is 3. The Bertz CT molecular complexity index is 501. The zero-order chi connectivity index (χ0) is 20.4. The number of ether oxygens (including phenoxy) is 1. The van der Waals surface area contributed by atoms with Crippen LogP contribution < -0.4 is 10.6 Å². The number of nitrogens with zero attached hydrogens (tertiary/aromatic N) is 2. The third-order valence-electron chi connectivity index (χ3n) is 6.58. The molecule has 0 spiro atoms. The van der Waals surface area contributed by atoms with Crippen molar-refractivity contribution in [1.29, 1.82) is 0 Å². The van der Waals surface area contributed by atoms with E-state index in [4.69, 9.17) is 4.74 Å². The Labute approximate surface area is 171 Å². The summed E-state index contributed by atoms with van der Waals surface area (Å²) < 4.78 is 5.64. The molecule has 0 saturated heterocycles. The molecule has 6 heteroatoms. The fourth-order valence-corrected chi connectivity index (χ4v) is 4.49. The number of aliphatic imine (C=N–C) groups is 1. The van der Waals surface area contributed by atoms with Gasteiger partial charge in [0, 0.05) is 39.9 Å². The molecule has 162 valence electrons. The van der Waals surface area contributed by atoms with Gasteiger partial charge in [0.05, 0.1) is 0 Å². The Morgan fingerprint density at radius 1 is 1.18 bits per heavy atom. The molecule has 0 aromatic rings. The summed E-state index contributed by atoms with van der Waals surface area (Å²) in [4.78, 5) is 18.3. The van der Waals surface area contributed by atoms with Crippen LogP contribution in [0.5, 0.6) is 0 Å².